The van der Waals surface area contributed by atoms with Gasteiger partial charge in [0.15, 0.2) is 0 Å². The molecule has 6 aromatic rings. The number of benzene rings is 4. The van der Waals surface area contributed by atoms with Gasteiger partial charge < -0.3 is 18.6 Å². The molecule has 0 unspecified atom stereocenters. The fraction of sp³-hybridized carbons (Fsp3) is 0.143. The largest absolute Gasteiger partial charge is 4.00 e. The number of aryl methyl sites for hydroxylation is 2. The zero-order chi connectivity index (χ0) is 35.6. The Labute approximate surface area is 310 Å². The van der Waals surface area contributed by atoms with Crippen LogP contribution in [0, 0.1) is 61.4 Å². The third kappa shape index (κ3) is 9.60. The van der Waals surface area contributed by atoms with Crippen molar-refractivity contribution in [3.63, 3.8) is 0 Å². The minimum atomic E-state index is -0.707. The van der Waals surface area contributed by atoms with E-state index in [1.54, 1.807) is 23.4 Å². The summed E-state index contributed by atoms with van der Waals surface area (Å²) in [5, 5.41) is 1.87. The Morgan fingerprint density at radius 2 is 0.980 bits per heavy atom. The maximum Gasteiger partial charge on any atom is 4.00 e. The van der Waals surface area contributed by atoms with E-state index in [0.717, 1.165) is 57.5 Å². The number of hydrogen-bond donors (Lipinski definition) is 0. The fourth-order valence-corrected chi connectivity index (χ4v) is 5.45. The van der Waals surface area contributed by atoms with Crippen molar-refractivity contribution in [2.24, 2.45) is 0 Å². The second-order valence-electron chi connectivity index (χ2n) is 11.1. The number of methoxy groups -OCH3 is 2. The summed E-state index contributed by atoms with van der Waals surface area (Å²) in [6, 6.07) is 24.3. The molecule has 2 aromatic heterocycles. The summed E-state index contributed by atoms with van der Waals surface area (Å²) in [6.07, 6.45) is 20.0. The van der Waals surface area contributed by atoms with Gasteiger partial charge in [-0.3, -0.25) is 12.2 Å². The Bertz CT molecular complexity index is 2050. The first kappa shape index (κ1) is 38.8. The molecule has 2 aliphatic rings. The van der Waals surface area contributed by atoms with Gasteiger partial charge in [0, 0.05) is 56.5 Å². The number of ether oxygens (including phenoxy) is 2. The summed E-state index contributed by atoms with van der Waals surface area (Å²) < 4.78 is 67.6. The quantitative estimate of drug-likeness (QED) is 0.103. The van der Waals surface area contributed by atoms with Crippen LogP contribution in [0.2, 0.25) is 0 Å². The van der Waals surface area contributed by atoms with Crippen LogP contribution in [-0.4, -0.2) is 23.4 Å². The number of aromatic nitrogens is 2. The predicted molar refractivity (Wildman–Crippen MR) is 190 cm³/mol. The molecule has 8 rings (SSSR count). The van der Waals surface area contributed by atoms with Gasteiger partial charge >= 0.3 is 21.7 Å². The topological polar surface area (TPSA) is 28.3 Å². The zero-order valence-electron chi connectivity index (χ0n) is 28.5. The van der Waals surface area contributed by atoms with E-state index < -0.39 is 23.3 Å². The Morgan fingerprint density at radius 1 is 0.569 bits per heavy atom. The van der Waals surface area contributed by atoms with Crippen molar-refractivity contribution in [2.75, 3.05) is 14.2 Å². The number of rotatable bonds is 4. The van der Waals surface area contributed by atoms with Crippen LogP contribution in [0.1, 0.15) is 24.2 Å². The van der Waals surface area contributed by atoms with Crippen molar-refractivity contribution in [3.8, 4) is 22.9 Å². The number of halogens is 4. The monoisotopic (exact) mass is 722 g/mol. The maximum atomic E-state index is 13.9. The van der Waals surface area contributed by atoms with Crippen molar-refractivity contribution in [3.05, 3.63) is 168 Å². The van der Waals surface area contributed by atoms with Gasteiger partial charge in [-0.15, -0.1) is 49.2 Å². The van der Waals surface area contributed by atoms with E-state index in [4.69, 9.17) is 9.47 Å². The Kier molecular flexibility index (Phi) is 13.9. The molecule has 9 heteroatoms. The molecule has 0 atom stereocenters. The first-order valence-electron chi connectivity index (χ1n) is 15.7. The molecule has 4 nitrogen and oxygen atoms in total. The molecular weight excluding hydrogens is 688 g/mol. The Balaban J connectivity index is 0.000000177. The van der Waals surface area contributed by atoms with Crippen LogP contribution in [0.25, 0.3) is 33.2 Å². The first-order valence-corrected chi connectivity index (χ1v) is 15.7. The van der Waals surface area contributed by atoms with E-state index in [9.17, 15) is 17.6 Å². The summed E-state index contributed by atoms with van der Waals surface area (Å²) in [6.45, 7) is 3.74. The molecule has 2 heterocycles. The smallest absolute Gasteiger partial charge is 0.497 e. The molecule has 0 spiro atoms. The molecule has 4 aromatic carbocycles. The summed E-state index contributed by atoms with van der Waals surface area (Å²) in [4.78, 5) is 0. The normalized spacial score (nSPS) is 12.1. The molecule has 0 bridgehead atoms. The minimum Gasteiger partial charge on any atom is -0.497 e. The van der Waals surface area contributed by atoms with Gasteiger partial charge in [-0.2, -0.15) is 12.2 Å². The van der Waals surface area contributed by atoms with Crippen LogP contribution < -0.4 is 9.47 Å². The van der Waals surface area contributed by atoms with Crippen LogP contribution in [0.3, 0.4) is 0 Å². The summed E-state index contributed by atoms with van der Waals surface area (Å²) in [5.41, 5.74) is 3.94. The molecule has 51 heavy (non-hydrogen) atoms. The van der Waals surface area contributed by atoms with Gasteiger partial charge in [-0.1, -0.05) is 0 Å². The number of fused-ring (bicyclic) bond motifs is 2. The molecule has 0 fully saturated rings. The van der Waals surface area contributed by atoms with Crippen molar-refractivity contribution >= 4 is 21.8 Å². The van der Waals surface area contributed by atoms with Gasteiger partial charge in [0.05, 0.1) is 14.2 Å². The van der Waals surface area contributed by atoms with Crippen molar-refractivity contribution < 1.29 is 48.8 Å². The van der Waals surface area contributed by atoms with Crippen LogP contribution in [0.5, 0.6) is 11.5 Å². The molecule has 0 saturated carbocycles. The average Bonchev–Trinajstić information content (AvgIpc) is 3.94. The standard InChI is InChI=1S/2C16H12F2NO.2C5H5.Ti/c2*1-10-7-11-8-13(20-2)4-6-15(11)19(10)16-5-3-12(17)9-14(16)18;2*1-2-4-5-3-1;/h2*3-8H,1-2H3;2*1-3H,4H2;/q4*-1;+4. The van der Waals surface area contributed by atoms with Gasteiger partial charge in [-0.05, 0) is 73.8 Å². The maximum absolute atomic E-state index is 13.9. The Hall–Kier alpha value is -5.05. The van der Waals surface area contributed by atoms with E-state index in [1.807, 2.05) is 86.7 Å². The van der Waals surface area contributed by atoms with Crippen molar-refractivity contribution in [1.82, 2.24) is 9.13 Å². The second kappa shape index (κ2) is 18.3. The molecule has 0 aliphatic heterocycles. The van der Waals surface area contributed by atoms with Crippen LogP contribution >= 0.6 is 0 Å². The van der Waals surface area contributed by atoms with Gasteiger partial charge in [0.2, 0.25) is 0 Å². The summed E-state index contributed by atoms with van der Waals surface area (Å²) in [5.74, 6) is -1.35. The molecule has 256 valence electrons. The van der Waals surface area contributed by atoms with E-state index in [1.165, 1.54) is 24.3 Å². The molecule has 0 radical (unpaired) electrons. The molecule has 0 amide bonds. The molecule has 0 saturated heterocycles. The summed E-state index contributed by atoms with van der Waals surface area (Å²) >= 11 is 0. The molecule has 2 aliphatic carbocycles. The van der Waals surface area contributed by atoms with Crippen molar-refractivity contribution in [1.29, 1.82) is 0 Å². The predicted octanol–water partition coefficient (Wildman–Crippen LogP) is 10.7. The minimum absolute atomic E-state index is 0. The molecular formula is C42H34F4N2O2Ti. The van der Waals surface area contributed by atoms with Gasteiger partial charge in [0.25, 0.3) is 0 Å². The average molecular weight is 723 g/mol. The number of allylic oxidation sites excluding steroid dienone is 8. The Morgan fingerprint density at radius 3 is 1.27 bits per heavy atom. The fourth-order valence-electron chi connectivity index (χ4n) is 5.45. The SMILES string of the molecule is COc1ccc2c(c1)cc(C)n2-c1ccc(F)[c-]c1F.COc1ccc2c(c1)cc(C)n2-c1ccc(F)[c-]c1F.[C-]1=CC=CC1.[C-]1=CC=CC1.[Ti+4]. The number of hydrogen-bond acceptors (Lipinski definition) is 2. The van der Waals surface area contributed by atoms with Gasteiger partial charge in [-0.25, -0.2) is 41.9 Å². The van der Waals surface area contributed by atoms with Crippen molar-refractivity contribution in [2.45, 2.75) is 26.7 Å². The number of nitrogens with zero attached hydrogens (tertiary/aromatic N) is 2. The summed E-state index contributed by atoms with van der Waals surface area (Å²) in [7, 11) is 3.19. The van der Waals surface area contributed by atoms with Gasteiger partial charge in [0.1, 0.15) is 11.5 Å². The second-order valence-corrected chi connectivity index (χ2v) is 11.1. The first-order chi connectivity index (χ1) is 24.2. The third-order valence-corrected chi connectivity index (χ3v) is 7.72. The third-order valence-electron chi connectivity index (χ3n) is 7.72. The van der Waals surface area contributed by atoms with E-state index in [-0.39, 0.29) is 33.1 Å². The van der Waals surface area contributed by atoms with Crippen LogP contribution in [-0.2, 0) is 21.7 Å². The van der Waals surface area contributed by atoms with Crippen LogP contribution in [0.4, 0.5) is 17.6 Å². The zero-order valence-corrected chi connectivity index (χ0v) is 30.1. The van der Waals surface area contributed by atoms with E-state index in [2.05, 4.69) is 36.4 Å². The van der Waals surface area contributed by atoms with E-state index in [0.29, 0.717) is 0 Å². The van der Waals surface area contributed by atoms with Crippen LogP contribution in [0.15, 0.2) is 109 Å². The van der Waals surface area contributed by atoms with E-state index >= 15 is 0 Å². The molecule has 0 N–H and O–H groups in total.